The van der Waals surface area contributed by atoms with Crippen LogP contribution in [-0.4, -0.2) is 11.4 Å². The number of thiophene rings is 1. The number of ketones is 1. The minimum atomic E-state index is -0.165. The van der Waals surface area contributed by atoms with Crippen LogP contribution in [-0.2, 0) is 6.42 Å². The van der Waals surface area contributed by atoms with Crippen molar-refractivity contribution in [3.05, 3.63) is 49.2 Å². The average molecular weight is 384 g/mol. The Morgan fingerprint density at radius 2 is 2.11 bits per heavy atom. The summed E-state index contributed by atoms with van der Waals surface area (Å²) in [6.45, 7) is 4.13. The van der Waals surface area contributed by atoms with Crippen molar-refractivity contribution in [2.24, 2.45) is 0 Å². The van der Waals surface area contributed by atoms with Gasteiger partial charge in [0, 0.05) is 22.9 Å². The molecular weight excluding hydrogens is 371 g/mol. The summed E-state index contributed by atoms with van der Waals surface area (Å²) in [6.07, 6.45) is 0.852. The van der Waals surface area contributed by atoms with E-state index in [0.717, 1.165) is 31.7 Å². The first-order chi connectivity index (χ1) is 8.94. The van der Waals surface area contributed by atoms with Gasteiger partial charge in [-0.05, 0) is 66.3 Å². The summed E-state index contributed by atoms with van der Waals surface area (Å²) in [6, 6.07) is 7.67. The standard InChI is InChI=1S/C15H13IO2S/c1-15(2)7-10-5-9(3-4-12(10)18-15)14(17)11-6-13(16)19-8-11/h3-6,8H,7H2,1-2H3. The highest BCUT2D eigenvalue weighted by atomic mass is 127. The molecule has 1 aliphatic heterocycles. The van der Waals surface area contributed by atoms with E-state index in [-0.39, 0.29) is 11.4 Å². The Morgan fingerprint density at radius 3 is 2.79 bits per heavy atom. The highest BCUT2D eigenvalue weighted by Gasteiger charge is 2.30. The van der Waals surface area contributed by atoms with E-state index in [1.54, 1.807) is 11.3 Å². The molecule has 1 aromatic carbocycles. The molecule has 2 heterocycles. The van der Waals surface area contributed by atoms with Crippen LogP contribution in [0.15, 0.2) is 29.6 Å². The summed E-state index contributed by atoms with van der Waals surface area (Å²) in [7, 11) is 0. The second-order valence-electron chi connectivity index (χ2n) is 5.33. The summed E-state index contributed by atoms with van der Waals surface area (Å²) in [5.74, 6) is 0.994. The minimum absolute atomic E-state index is 0.0895. The molecule has 19 heavy (non-hydrogen) atoms. The Labute approximate surface area is 129 Å². The van der Waals surface area contributed by atoms with Gasteiger partial charge in [-0.15, -0.1) is 11.3 Å². The predicted molar refractivity (Wildman–Crippen MR) is 85.3 cm³/mol. The Bertz CT molecular complexity index is 658. The van der Waals surface area contributed by atoms with Gasteiger partial charge < -0.3 is 4.74 Å². The molecule has 2 nitrogen and oxygen atoms in total. The summed E-state index contributed by atoms with van der Waals surface area (Å²) in [4.78, 5) is 12.4. The van der Waals surface area contributed by atoms with Crippen LogP contribution < -0.4 is 4.74 Å². The van der Waals surface area contributed by atoms with Crippen LogP contribution in [0, 0.1) is 2.88 Å². The topological polar surface area (TPSA) is 26.3 Å². The van der Waals surface area contributed by atoms with Crippen LogP contribution in [0.3, 0.4) is 0 Å². The molecule has 0 fully saturated rings. The Hall–Kier alpha value is -0.880. The van der Waals surface area contributed by atoms with Gasteiger partial charge in [0.15, 0.2) is 5.78 Å². The van der Waals surface area contributed by atoms with Crippen molar-refractivity contribution in [1.82, 2.24) is 0 Å². The van der Waals surface area contributed by atoms with E-state index in [0.29, 0.717) is 0 Å². The van der Waals surface area contributed by atoms with Crippen LogP contribution in [0.5, 0.6) is 5.75 Å². The van der Waals surface area contributed by atoms with Crippen LogP contribution >= 0.6 is 33.9 Å². The van der Waals surface area contributed by atoms with Crippen LogP contribution in [0.4, 0.5) is 0 Å². The first-order valence-electron chi connectivity index (χ1n) is 6.05. The third-order valence-corrected chi connectivity index (χ3v) is 4.94. The van der Waals surface area contributed by atoms with Gasteiger partial charge in [-0.2, -0.15) is 0 Å². The quantitative estimate of drug-likeness (QED) is 0.570. The first-order valence-corrected chi connectivity index (χ1v) is 8.01. The zero-order valence-electron chi connectivity index (χ0n) is 10.7. The van der Waals surface area contributed by atoms with Gasteiger partial charge in [-0.25, -0.2) is 0 Å². The lowest BCUT2D eigenvalue weighted by atomic mass is 9.98. The molecule has 0 bridgehead atoms. The number of ether oxygens (including phenoxy) is 1. The lowest BCUT2D eigenvalue weighted by molar-refractivity contribution is 0.103. The number of rotatable bonds is 2. The third-order valence-electron chi connectivity index (χ3n) is 3.15. The van der Waals surface area contributed by atoms with Gasteiger partial charge in [0.2, 0.25) is 0 Å². The van der Waals surface area contributed by atoms with Crippen molar-refractivity contribution in [2.45, 2.75) is 25.9 Å². The van der Waals surface area contributed by atoms with Crippen molar-refractivity contribution in [2.75, 3.05) is 0 Å². The van der Waals surface area contributed by atoms with Crippen LogP contribution in [0.25, 0.3) is 0 Å². The summed E-state index contributed by atoms with van der Waals surface area (Å²) in [5, 5.41) is 1.91. The van der Waals surface area contributed by atoms with E-state index in [9.17, 15) is 4.79 Å². The fourth-order valence-corrected chi connectivity index (χ4v) is 3.67. The number of carbonyl (C=O) groups is 1. The highest BCUT2D eigenvalue weighted by molar-refractivity contribution is 14.1. The predicted octanol–water partition coefficient (Wildman–Crippen LogP) is 4.30. The maximum atomic E-state index is 12.4. The molecule has 1 aromatic heterocycles. The SMILES string of the molecule is CC1(C)Cc2cc(C(=O)c3csc(I)c3)ccc2O1. The Kier molecular flexibility index (Phi) is 3.17. The number of carbonyl (C=O) groups excluding carboxylic acids is 1. The van der Waals surface area contributed by atoms with E-state index in [1.165, 1.54) is 0 Å². The van der Waals surface area contributed by atoms with Gasteiger partial charge in [-0.3, -0.25) is 4.79 Å². The Balaban J connectivity index is 1.94. The van der Waals surface area contributed by atoms with Crippen molar-refractivity contribution < 1.29 is 9.53 Å². The molecule has 0 saturated heterocycles. The van der Waals surface area contributed by atoms with Gasteiger partial charge in [0.1, 0.15) is 11.4 Å². The lowest BCUT2D eigenvalue weighted by Gasteiger charge is -2.16. The third kappa shape index (κ3) is 2.56. The second-order valence-corrected chi connectivity index (χ2v) is 8.14. The molecule has 0 radical (unpaired) electrons. The zero-order chi connectivity index (χ0) is 13.6. The molecule has 0 saturated carbocycles. The molecule has 2 aromatic rings. The molecule has 0 amide bonds. The van der Waals surface area contributed by atoms with Crippen molar-refractivity contribution in [1.29, 1.82) is 0 Å². The maximum Gasteiger partial charge on any atom is 0.193 e. The van der Waals surface area contributed by atoms with Gasteiger partial charge >= 0.3 is 0 Å². The van der Waals surface area contributed by atoms with Crippen LogP contribution in [0.1, 0.15) is 35.3 Å². The molecule has 4 heteroatoms. The fourth-order valence-electron chi connectivity index (χ4n) is 2.35. The number of hydrogen-bond donors (Lipinski definition) is 0. The molecule has 0 aliphatic carbocycles. The average Bonchev–Trinajstić information content (AvgIpc) is 2.88. The van der Waals surface area contributed by atoms with Gasteiger partial charge in [0.05, 0.1) is 2.88 Å². The molecule has 3 rings (SSSR count). The number of fused-ring (bicyclic) bond motifs is 1. The van der Waals surface area contributed by atoms with Gasteiger partial charge in [0.25, 0.3) is 0 Å². The molecule has 0 unspecified atom stereocenters. The van der Waals surface area contributed by atoms with Crippen LogP contribution in [0.2, 0.25) is 0 Å². The molecule has 98 valence electrons. The smallest absolute Gasteiger partial charge is 0.193 e. The number of halogens is 1. The first kappa shape index (κ1) is 13.1. The molecule has 0 N–H and O–H groups in total. The van der Waals surface area contributed by atoms with E-state index < -0.39 is 0 Å². The second kappa shape index (κ2) is 4.59. The number of benzene rings is 1. The molecule has 1 aliphatic rings. The molecule has 0 spiro atoms. The molecular formula is C15H13IO2S. The monoisotopic (exact) mass is 384 g/mol. The van der Waals surface area contributed by atoms with E-state index >= 15 is 0 Å². The van der Waals surface area contributed by atoms with Crippen molar-refractivity contribution in [3.8, 4) is 5.75 Å². The van der Waals surface area contributed by atoms with Gasteiger partial charge in [-0.1, -0.05) is 0 Å². The maximum absolute atomic E-state index is 12.4. The highest BCUT2D eigenvalue weighted by Crippen LogP contribution is 2.35. The number of hydrogen-bond acceptors (Lipinski definition) is 3. The largest absolute Gasteiger partial charge is 0.487 e. The summed E-state index contributed by atoms with van der Waals surface area (Å²) >= 11 is 3.83. The summed E-state index contributed by atoms with van der Waals surface area (Å²) < 4.78 is 6.96. The zero-order valence-corrected chi connectivity index (χ0v) is 13.7. The van der Waals surface area contributed by atoms with E-state index in [1.807, 2.05) is 29.6 Å². The summed E-state index contributed by atoms with van der Waals surface area (Å²) in [5.41, 5.74) is 2.48. The lowest BCUT2D eigenvalue weighted by Crippen LogP contribution is -2.24. The Morgan fingerprint density at radius 1 is 1.32 bits per heavy atom. The molecule has 0 atom stereocenters. The van der Waals surface area contributed by atoms with E-state index in [4.69, 9.17) is 4.74 Å². The minimum Gasteiger partial charge on any atom is -0.487 e. The fraction of sp³-hybridized carbons (Fsp3) is 0.267. The normalized spacial score (nSPS) is 15.9. The van der Waals surface area contributed by atoms with E-state index in [2.05, 4.69) is 36.4 Å². The van der Waals surface area contributed by atoms with Crippen molar-refractivity contribution in [3.63, 3.8) is 0 Å². The van der Waals surface area contributed by atoms with Crippen molar-refractivity contribution >= 4 is 39.7 Å².